The Morgan fingerprint density at radius 2 is 1.75 bits per heavy atom. The van der Waals surface area contributed by atoms with Crippen molar-refractivity contribution >= 4 is 15.9 Å². The molecule has 2 heteroatoms. The zero-order valence-corrected chi connectivity index (χ0v) is 14.7. The minimum absolute atomic E-state index is 0.522. The van der Waals surface area contributed by atoms with Gasteiger partial charge in [-0.05, 0) is 49.4 Å². The Balaban J connectivity index is 2.14. The predicted molar refractivity (Wildman–Crippen MR) is 91.2 cm³/mol. The fraction of sp³-hybridized carbons (Fsp3) is 0.667. The van der Waals surface area contributed by atoms with Crippen molar-refractivity contribution in [1.82, 2.24) is 5.32 Å². The SMILES string of the molecule is CCNC(CC1CCCCC1)c1cc(C)c(Br)c(C)c1. The van der Waals surface area contributed by atoms with Gasteiger partial charge in [0.05, 0.1) is 0 Å². The third-order valence-corrected chi connectivity index (χ3v) is 5.86. The van der Waals surface area contributed by atoms with Crippen LogP contribution in [0.3, 0.4) is 0 Å². The Morgan fingerprint density at radius 3 is 2.30 bits per heavy atom. The molecule has 0 spiro atoms. The van der Waals surface area contributed by atoms with Crippen molar-refractivity contribution in [3.8, 4) is 0 Å². The van der Waals surface area contributed by atoms with E-state index < -0.39 is 0 Å². The molecule has 1 aromatic carbocycles. The van der Waals surface area contributed by atoms with Crippen molar-refractivity contribution in [2.45, 2.75) is 65.3 Å². The van der Waals surface area contributed by atoms with E-state index in [4.69, 9.17) is 0 Å². The first-order valence-electron chi connectivity index (χ1n) is 8.11. The Hall–Kier alpha value is -0.340. The van der Waals surface area contributed by atoms with E-state index in [0.29, 0.717) is 6.04 Å². The molecule has 0 aliphatic heterocycles. The molecule has 0 amide bonds. The average Bonchev–Trinajstić information content (AvgIpc) is 2.45. The highest BCUT2D eigenvalue weighted by molar-refractivity contribution is 9.10. The largest absolute Gasteiger partial charge is 0.310 e. The Morgan fingerprint density at radius 1 is 1.15 bits per heavy atom. The van der Waals surface area contributed by atoms with E-state index in [2.05, 4.69) is 54.2 Å². The highest BCUT2D eigenvalue weighted by Crippen LogP contribution is 2.33. The summed E-state index contributed by atoms with van der Waals surface area (Å²) in [6.07, 6.45) is 8.46. The van der Waals surface area contributed by atoms with Crippen molar-refractivity contribution in [2.24, 2.45) is 5.92 Å². The highest BCUT2D eigenvalue weighted by Gasteiger charge is 2.20. The van der Waals surface area contributed by atoms with E-state index in [1.165, 1.54) is 59.7 Å². The fourth-order valence-corrected chi connectivity index (χ4v) is 3.75. The Kier molecular flexibility index (Phi) is 6.10. The lowest BCUT2D eigenvalue weighted by Gasteiger charge is -2.28. The van der Waals surface area contributed by atoms with Crippen molar-refractivity contribution in [3.05, 3.63) is 33.3 Å². The topological polar surface area (TPSA) is 12.0 Å². The molecule has 0 radical (unpaired) electrons. The van der Waals surface area contributed by atoms with E-state index in [-0.39, 0.29) is 0 Å². The average molecular weight is 338 g/mol. The summed E-state index contributed by atoms with van der Waals surface area (Å²) in [5.41, 5.74) is 4.17. The summed E-state index contributed by atoms with van der Waals surface area (Å²) < 4.78 is 1.26. The maximum absolute atomic E-state index is 3.70. The third-order valence-electron chi connectivity index (χ3n) is 4.61. The monoisotopic (exact) mass is 337 g/mol. The Bertz CT molecular complexity index is 412. The summed E-state index contributed by atoms with van der Waals surface area (Å²) in [5.74, 6) is 0.914. The normalized spacial score (nSPS) is 18.2. The van der Waals surface area contributed by atoms with Crippen LogP contribution >= 0.6 is 15.9 Å². The molecule has 0 bridgehead atoms. The Labute approximate surface area is 132 Å². The molecule has 0 saturated heterocycles. The van der Waals surface area contributed by atoms with Gasteiger partial charge < -0.3 is 5.32 Å². The van der Waals surface area contributed by atoms with Gasteiger partial charge in [-0.25, -0.2) is 0 Å². The first-order chi connectivity index (χ1) is 9.61. The van der Waals surface area contributed by atoms with Crippen LogP contribution in [0.4, 0.5) is 0 Å². The van der Waals surface area contributed by atoms with Crippen LogP contribution in [0.1, 0.15) is 68.2 Å². The molecule has 112 valence electrons. The number of hydrogen-bond acceptors (Lipinski definition) is 1. The minimum Gasteiger partial charge on any atom is -0.310 e. The van der Waals surface area contributed by atoms with Gasteiger partial charge in [-0.3, -0.25) is 0 Å². The predicted octanol–water partition coefficient (Wildman–Crippen LogP) is 5.69. The van der Waals surface area contributed by atoms with Crippen molar-refractivity contribution in [1.29, 1.82) is 0 Å². The summed E-state index contributed by atoms with van der Waals surface area (Å²) >= 11 is 3.68. The lowest BCUT2D eigenvalue weighted by atomic mass is 9.83. The zero-order chi connectivity index (χ0) is 14.5. The van der Waals surface area contributed by atoms with Gasteiger partial charge in [-0.15, -0.1) is 0 Å². The summed E-state index contributed by atoms with van der Waals surface area (Å²) in [6, 6.07) is 5.23. The number of hydrogen-bond donors (Lipinski definition) is 1. The molecule has 0 aromatic heterocycles. The second kappa shape index (κ2) is 7.61. The van der Waals surface area contributed by atoms with E-state index in [9.17, 15) is 0 Å². The fourth-order valence-electron chi connectivity index (χ4n) is 3.52. The molecular weight excluding hydrogens is 310 g/mol. The molecule has 1 nitrogen and oxygen atoms in total. The number of aryl methyl sites for hydroxylation is 2. The molecular formula is C18H28BrN. The maximum atomic E-state index is 3.70. The van der Waals surface area contributed by atoms with Crippen molar-refractivity contribution in [2.75, 3.05) is 6.54 Å². The molecule has 1 saturated carbocycles. The number of nitrogens with one attached hydrogen (secondary N) is 1. The molecule has 1 aliphatic carbocycles. The molecule has 1 N–H and O–H groups in total. The van der Waals surface area contributed by atoms with Crippen LogP contribution in [0.5, 0.6) is 0 Å². The first-order valence-corrected chi connectivity index (χ1v) is 8.91. The maximum Gasteiger partial charge on any atom is 0.0322 e. The molecule has 1 aliphatic rings. The number of benzene rings is 1. The highest BCUT2D eigenvalue weighted by atomic mass is 79.9. The summed E-state index contributed by atoms with van der Waals surface area (Å²) in [4.78, 5) is 0. The van der Waals surface area contributed by atoms with Crippen LogP contribution < -0.4 is 5.32 Å². The first kappa shape index (κ1) is 16.0. The van der Waals surface area contributed by atoms with Crippen LogP contribution in [0.15, 0.2) is 16.6 Å². The van der Waals surface area contributed by atoms with E-state index in [0.717, 1.165) is 12.5 Å². The molecule has 1 unspecified atom stereocenters. The standard InChI is InChI=1S/C18H28BrN/c1-4-20-17(12-15-8-6-5-7-9-15)16-10-13(2)18(19)14(3)11-16/h10-11,15,17,20H,4-9,12H2,1-3H3. The van der Waals surface area contributed by atoms with Crippen LogP contribution in [0, 0.1) is 19.8 Å². The summed E-state index contributed by atoms with van der Waals surface area (Å²) in [7, 11) is 0. The minimum atomic E-state index is 0.522. The van der Waals surface area contributed by atoms with Gasteiger partial charge >= 0.3 is 0 Å². The lowest BCUT2D eigenvalue weighted by Crippen LogP contribution is -2.24. The summed E-state index contributed by atoms with van der Waals surface area (Å²) in [6.45, 7) is 7.66. The van der Waals surface area contributed by atoms with Gasteiger partial charge in [0, 0.05) is 10.5 Å². The van der Waals surface area contributed by atoms with Gasteiger partial charge in [-0.1, -0.05) is 67.1 Å². The number of rotatable bonds is 5. The van der Waals surface area contributed by atoms with Crippen molar-refractivity contribution < 1.29 is 0 Å². The molecule has 1 aromatic rings. The van der Waals surface area contributed by atoms with E-state index >= 15 is 0 Å². The molecule has 0 heterocycles. The summed E-state index contributed by atoms with van der Waals surface area (Å²) in [5, 5.41) is 3.70. The van der Waals surface area contributed by atoms with Crippen LogP contribution in [0.2, 0.25) is 0 Å². The van der Waals surface area contributed by atoms with Crippen LogP contribution in [-0.4, -0.2) is 6.54 Å². The molecule has 1 atom stereocenters. The zero-order valence-electron chi connectivity index (χ0n) is 13.1. The second-order valence-corrected chi connectivity index (χ2v) is 7.11. The lowest BCUT2D eigenvalue weighted by molar-refractivity contribution is 0.301. The second-order valence-electron chi connectivity index (χ2n) is 6.32. The smallest absolute Gasteiger partial charge is 0.0322 e. The van der Waals surface area contributed by atoms with Gasteiger partial charge in [0.2, 0.25) is 0 Å². The van der Waals surface area contributed by atoms with Gasteiger partial charge in [0.25, 0.3) is 0 Å². The van der Waals surface area contributed by atoms with Crippen molar-refractivity contribution in [3.63, 3.8) is 0 Å². The molecule has 20 heavy (non-hydrogen) atoms. The molecule has 1 fully saturated rings. The third kappa shape index (κ3) is 4.08. The van der Waals surface area contributed by atoms with E-state index in [1.54, 1.807) is 0 Å². The molecule has 2 rings (SSSR count). The van der Waals surface area contributed by atoms with Gasteiger partial charge in [0.15, 0.2) is 0 Å². The van der Waals surface area contributed by atoms with Gasteiger partial charge in [-0.2, -0.15) is 0 Å². The van der Waals surface area contributed by atoms with Gasteiger partial charge in [0.1, 0.15) is 0 Å². The number of halogens is 1. The van der Waals surface area contributed by atoms with E-state index in [1.807, 2.05) is 0 Å². The van der Waals surface area contributed by atoms with Crippen LogP contribution in [-0.2, 0) is 0 Å². The van der Waals surface area contributed by atoms with Crippen LogP contribution in [0.25, 0.3) is 0 Å². The quantitative estimate of drug-likeness (QED) is 0.727.